The molecule has 1 heterocycles. The molecule has 1 aliphatic heterocycles. The number of likely N-dealkylation sites (N-methyl/N-ethyl adjacent to an activating group) is 1. The van der Waals surface area contributed by atoms with Gasteiger partial charge >= 0.3 is 0 Å². The molecule has 2 unspecified atom stereocenters. The third-order valence-electron chi connectivity index (χ3n) is 3.02. The summed E-state index contributed by atoms with van der Waals surface area (Å²) in [5.74, 6) is -1.21. The van der Waals surface area contributed by atoms with E-state index in [0.717, 1.165) is 12.6 Å². The summed E-state index contributed by atoms with van der Waals surface area (Å²) in [5.41, 5.74) is 6.27. The molecule has 2 rings (SSSR count). The van der Waals surface area contributed by atoms with Gasteiger partial charge in [0.25, 0.3) is 0 Å². The van der Waals surface area contributed by atoms with Crippen molar-refractivity contribution in [2.75, 3.05) is 26.7 Å². The lowest BCUT2D eigenvalue weighted by atomic mass is 10.0. The molecule has 0 spiro atoms. The van der Waals surface area contributed by atoms with Gasteiger partial charge in [-0.1, -0.05) is 6.07 Å². The summed E-state index contributed by atoms with van der Waals surface area (Å²) >= 11 is 0. The van der Waals surface area contributed by atoms with Crippen LogP contribution in [0.1, 0.15) is 11.6 Å². The Balaban J connectivity index is 2.15. The maximum absolute atomic E-state index is 13.6. The summed E-state index contributed by atoms with van der Waals surface area (Å²) in [6.45, 7) is 2.07. The second-order valence-corrected chi connectivity index (χ2v) is 4.36. The SMILES string of the molecule is CN1CCOC(C(N)c2ccc(F)cc2F)C1. The van der Waals surface area contributed by atoms with E-state index in [1.165, 1.54) is 12.1 Å². The number of hydrogen-bond donors (Lipinski definition) is 1. The van der Waals surface area contributed by atoms with Crippen molar-refractivity contribution in [1.29, 1.82) is 0 Å². The van der Waals surface area contributed by atoms with E-state index in [0.29, 0.717) is 18.7 Å². The number of rotatable bonds is 2. The lowest BCUT2D eigenvalue weighted by Gasteiger charge is -2.33. The van der Waals surface area contributed by atoms with Gasteiger partial charge in [-0.15, -0.1) is 0 Å². The molecule has 1 aromatic rings. The van der Waals surface area contributed by atoms with Crippen molar-refractivity contribution in [2.24, 2.45) is 5.73 Å². The van der Waals surface area contributed by atoms with Crippen molar-refractivity contribution < 1.29 is 13.5 Å². The molecule has 5 heteroatoms. The summed E-state index contributed by atoms with van der Waals surface area (Å²) in [6.07, 6.45) is -0.256. The molecule has 0 aliphatic carbocycles. The average Bonchev–Trinajstić information content (AvgIpc) is 2.28. The van der Waals surface area contributed by atoms with E-state index in [1.807, 2.05) is 7.05 Å². The van der Waals surface area contributed by atoms with Crippen molar-refractivity contribution in [3.63, 3.8) is 0 Å². The molecule has 0 bridgehead atoms. The zero-order valence-electron chi connectivity index (χ0n) is 9.70. The van der Waals surface area contributed by atoms with Gasteiger partial charge in [-0.25, -0.2) is 8.78 Å². The summed E-state index contributed by atoms with van der Waals surface area (Å²) in [4.78, 5) is 2.08. The fourth-order valence-electron chi connectivity index (χ4n) is 2.00. The second kappa shape index (κ2) is 5.08. The zero-order chi connectivity index (χ0) is 12.4. The van der Waals surface area contributed by atoms with Gasteiger partial charge < -0.3 is 15.4 Å². The minimum atomic E-state index is -0.616. The first-order valence-electron chi connectivity index (χ1n) is 5.58. The monoisotopic (exact) mass is 242 g/mol. The second-order valence-electron chi connectivity index (χ2n) is 4.36. The Morgan fingerprint density at radius 2 is 2.24 bits per heavy atom. The molecule has 0 saturated carbocycles. The van der Waals surface area contributed by atoms with Crippen LogP contribution in [-0.2, 0) is 4.74 Å². The van der Waals surface area contributed by atoms with Crippen molar-refractivity contribution in [3.05, 3.63) is 35.4 Å². The molecule has 94 valence electrons. The van der Waals surface area contributed by atoms with Crippen LogP contribution in [0.4, 0.5) is 8.78 Å². The van der Waals surface area contributed by atoms with Gasteiger partial charge in [-0.2, -0.15) is 0 Å². The van der Waals surface area contributed by atoms with Gasteiger partial charge in [0.15, 0.2) is 0 Å². The summed E-state index contributed by atoms with van der Waals surface area (Å²) in [7, 11) is 1.96. The maximum Gasteiger partial charge on any atom is 0.130 e. The maximum atomic E-state index is 13.6. The number of hydrogen-bond acceptors (Lipinski definition) is 3. The average molecular weight is 242 g/mol. The van der Waals surface area contributed by atoms with Crippen LogP contribution in [0, 0.1) is 11.6 Å². The Labute approximate surface area is 99.2 Å². The molecule has 17 heavy (non-hydrogen) atoms. The number of halogens is 2. The predicted octanol–water partition coefficient (Wildman–Crippen LogP) is 1.30. The van der Waals surface area contributed by atoms with Crippen LogP contribution in [-0.4, -0.2) is 37.7 Å². The van der Waals surface area contributed by atoms with E-state index in [4.69, 9.17) is 10.5 Å². The van der Waals surface area contributed by atoms with Gasteiger partial charge in [0.1, 0.15) is 11.6 Å². The van der Waals surface area contributed by atoms with Crippen LogP contribution in [0.15, 0.2) is 18.2 Å². The van der Waals surface area contributed by atoms with Crippen molar-refractivity contribution in [2.45, 2.75) is 12.1 Å². The third kappa shape index (κ3) is 2.80. The summed E-state index contributed by atoms with van der Waals surface area (Å²) in [5, 5.41) is 0. The Morgan fingerprint density at radius 1 is 1.47 bits per heavy atom. The lowest BCUT2D eigenvalue weighted by molar-refractivity contribution is -0.0331. The normalized spacial score (nSPS) is 23.6. The predicted molar refractivity (Wildman–Crippen MR) is 60.5 cm³/mol. The largest absolute Gasteiger partial charge is 0.374 e. The smallest absolute Gasteiger partial charge is 0.130 e. The van der Waals surface area contributed by atoms with Crippen molar-refractivity contribution in [1.82, 2.24) is 4.90 Å². The highest BCUT2D eigenvalue weighted by Gasteiger charge is 2.27. The molecule has 1 saturated heterocycles. The van der Waals surface area contributed by atoms with E-state index in [9.17, 15) is 8.78 Å². The van der Waals surface area contributed by atoms with Crippen LogP contribution >= 0.6 is 0 Å². The Bertz CT molecular complexity index is 400. The highest BCUT2D eigenvalue weighted by Crippen LogP contribution is 2.22. The Hall–Kier alpha value is -1.04. The minimum Gasteiger partial charge on any atom is -0.374 e. The van der Waals surface area contributed by atoms with Gasteiger partial charge in [-0.05, 0) is 13.1 Å². The van der Waals surface area contributed by atoms with Crippen LogP contribution in [0.3, 0.4) is 0 Å². The van der Waals surface area contributed by atoms with Crippen molar-refractivity contribution >= 4 is 0 Å². The highest BCUT2D eigenvalue weighted by molar-refractivity contribution is 5.23. The quantitative estimate of drug-likeness (QED) is 0.849. The molecule has 1 aliphatic rings. The Kier molecular flexibility index (Phi) is 3.71. The first kappa shape index (κ1) is 12.4. The number of nitrogens with two attached hydrogens (primary N) is 1. The number of ether oxygens (including phenoxy) is 1. The van der Waals surface area contributed by atoms with E-state index < -0.39 is 17.7 Å². The molecule has 1 aromatic carbocycles. The molecule has 0 radical (unpaired) electrons. The topological polar surface area (TPSA) is 38.5 Å². The first-order chi connectivity index (χ1) is 8.08. The van der Waals surface area contributed by atoms with Crippen LogP contribution < -0.4 is 5.73 Å². The fraction of sp³-hybridized carbons (Fsp3) is 0.500. The van der Waals surface area contributed by atoms with E-state index in [1.54, 1.807) is 0 Å². The van der Waals surface area contributed by atoms with E-state index in [2.05, 4.69) is 4.90 Å². The first-order valence-corrected chi connectivity index (χ1v) is 5.58. The standard InChI is InChI=1S/C12H16F2N2O/c1-16-4-5-17-11(7-16)12(15)9-3-2-8(13)6-10(9)14/h2-3,6,11-12H,4-5,7,15H2,1H3. The van der Waals surface area contributed by atoms with Crippen LogP contribution in [0.2, 0.25) is 0 Å². The van der Waals surface area contributed by atoms with E-state index in [-0.39, 0.29) is 6.10 Å². The molecule has 0 amide bonds. The number of benzene rings is 1. The number of morpholine rings is 1. The van der Waals surface area contributed by atoms with Gasteiger partial charge in [0.05, 0.1) is 18.8 Å². The summed E-state index contributed by atoms with van der Waals surface area (Å²) < 4.78 is 31.9. The minimum absolute atomic E-state index is 0.256. The molecule has 1 fully saturated rings. The molecule has 3 nitrogen and oxygen atoms in total. The van der Waals surface area contributed by atoms with Gasteiger partial charge in [0.2, 0.25) is 0 Å². The third-order valence-corrected chi connectivity index (χ3v) is 3.02. The zero-order valence-corrected chi connectivity index (χ0v) is 9.70. The molecular weight excluding hydrogens is 226 g/mol. The molecule has 2 atom stereocenters. The van der Waals surface area contributed by atoms with Crippen LogP contribution in [0.5, 0.6) is 0 Å². The van der Waals surface area contributed by atoms with Crippen LogP contribution in [0.25, 0.3) is 0 Å². The highest BCUT2D eigenvalue weighted by atomic mass is 19.1. The summed E-state index contributed by atoms with van der Waals surface area (Å²) in [6, 6.07) is 2.87. The molecule has 0 aromatic heterocycles. The molecular formula is C12H16F2N2O. The lowest BCUT2D eigenvalue weighted by Crippen LogP contribution is -2.45. The van der Waals surface area contributed by atoms with Gasteiger partial charge in [-0.3, -0.25) is 0 Å². The van der Waals surface area contributed by atoms with Crippen molar-refractivity contribution in [3.8, 4) is 0 Å². The molecule has 2 N–H and O–H groups in total. The van der Waals surface area contributed by atoms with E-state index >= 15 is 0 Å². The Morgan fingerprint density at radius 3 is 2.88 bits per heavy atom. The van der Waals surface area contributed by atoms with Gasteiger partial charge in [0, 0.05) is 24.7 Å². The number of nitrogens with zero attached hydrogens (tertiary/aromatic N) is 1. The fourth-order valence-corrected chi connectivity index (χ4v) is 2.00.